The molecule has 1 aromatic carbocycles. The first-order chi connectivity index (χ1) is 11.5. The van der Waals surface area contributed by atoms with Gasteiger partial charge >= 0.3 is 0 Å². The summed E-state index contributed by atoms with van der Waals surface area (Å²) in [5.41, 5.74) is 1.41. The number of benzene rings is 1. The normalized spacial score (nSPS) is 17.6. The first-order valence-corrected chi connectivity index (χ1v) is 9.11. The van der Waals surface area contributed by atoms with Crippen LogP contribution in [0.3, 0.4) is 0 Å². The molecule has 1 aliphatic rings. The number of anilines is 1. The molecule has 0 atom stereocenters. The van der Waals surface area contributed by atoms with Crippen molar-refractivity contribution < 1.29 is 9.90 Å². The van der Waals surface area contributed by atoms with Crippen molar-refractivity contribution in [2.75, 3.05) is 25.0 Å². The van der Waals surface area contributed by atoms with Gasteiger partial charge in [0.2, 0.25) is 5.91 Å². The third-order valence-corrected chi connectivity index (χ3v) is 5.27. The maximum absolute atomic E-state index is 12.1. The number of aliphatic hydroxyl groups is 1. The van der Waals surface area contributed by atoms with Crippen molar-refractivity contribution in [3.8, 4) is 0 Å². The summed E-state index contributed by atoms with van der Waals surface area (Å²) in [7, 11) is 0. The number of carbonyl (C=O) groups is 1. The van der Waals surface area contributed by atoms with E-state index in [2.05, 4.69) is 15.2 Å². The summed E-state index contributed by atoms with van der Waals surface area (Å²) in [6, 6.07) is 10.1. The van der Waals surface area contributed by atoms with Crippen molar-refractivity contribution >= 4 is 22.4 Å². The Bertz CT molecular complexity index is 679. The van der Waals surface area contributed by atoms with Crippen LogP contribution < -0.4 is 5.32 Å². The van der Waals surface area contributed by atoms with Gasteiger partial charge in [-0.25, -0.2) is 4.98 Å². The quantitative estimate of drug-likeness (QED) is 0.874. The highest BCUT2D eigenvalue weighted by Gasteiger charge is 2.32. The first kappa shape index (κ1) is 17.1. The molecule has 1 saturated heterocycles. The summed E-state index contributed by atoms with van der Waals surface area (Å²) in [6.45, 7) is 3.71. The van der Waals surface area contributed by atoms with E-state index in [1.54, 1.807) is 0 Å². The fraction of sp³-hybridized carbons (Fsp3) is 0.444. The van der Waals surface area contributed by atoms with Gasteiger partial charge < -0.3 is 10.4 Å². The van der Waals surface area contributed by atoms with Crippen LogP contribution in [0.15, 0.2) is 35.7 Å². The van der Waals surface area contributed by atoms with E-state index in [1.165, 1.54) is 11.3 Å². The molecule has 128 valence electrons. The number of piperidine rings is 1. The van der Waals surface area contributed by atoms with E-state index >= 15 is 0 Å². The fourth-order valence-electron chi connectivity index (χ4n) is 3.05. The monoisotopic (exact) mass is 345 g/mol. The number of thiazole rings is 1. The number of carbonyl (C=O) groups excluding carboxylic acids is 1. The van der Waals surface area contributed by atoms with Gasteiger partial charge in [-0.1, -0.05) is 30.3 Å². The zero-order valence-electron chi connectivity index (χ0n) is 13.9. The highest BCUT2D eigenvalue weighted by molar-refractivity contribution is 7.13. The standard InChI is InChI=1S/C18H23N3O2S/c1-14-13-24-17(19-14)20-16(22)12-21-9-7-18(23,8-10-21)11-15-5-3-2-4-6-15/h2-6,13,23H,7-12H2,1H3,(H,19,20,22). The smallest absolute Gasteiger partial charge is 0.240 e. The molecule has 0 spiro atoms. The van der Waals surface area contributed by atoms with E-state index in [4.69, 9.17) is 0 Å². The van der Waals surface area contributed by atoms with Crippen LogP contribution in [0, 0.1) is 6.92 Å². The Balaban J connectivity index is 1.47. The van der Waals surface area contributed by atoms with Crippen LogP contribution >= 0.6 is 11.3 Å². The summed E-state index contributed by atoms with van der Waals surface area (Å²) >= 11 is 1.44. The van der Waals surface area contributed by atoms with Crippen molar-refractivity contribution in [2.24, 2.45) is 0 Å². The second-order valence-electron chi connectivity index (χ2n) is 6.51. The fourth-order valence-corrected chi connectivity index (χ4v) is 3.76. The molecule has 6 heteroatoms. The maximum atomic E-state index is 12.1. The third-order valence-electron chi connectivity index (χ3n) is 4.40. The number of amides is 1. The van der Waals surface area contributed by atoms with Crippen molar-refractivity contribution in [3.63, 3.8) is 0 Å². The van der Waals surface area contributed by atoms with Gasteiger partial charge in [0.1, 0.15) is 0 Å². The minimum absolute atomic E-state index is 0.0437. The number of aromatic nitrogens is 1. The largest absolute Gasteiger partial charge is 0.389 e. The predicted octanol–water partition coefficient (Wildman–Crippen LogP) is 2.46. The Morgan fingerprint density at radius 1 is 1.33 bits per heavy atom. The van der Waals surface area contributed by atoms with Crippen molar-refractivity contribution in [3.05, 3.63) is 47.0 Å². The summed E-state index contributed by atoms with van der Waals surface area (Å²) in [5.74, 6) is -0.0437. The number of nitrogens with zero attached hydrogens (tertiary/aromatic N) is 2. The molecule has 24 heavy (non-hydrogen) atoms. The van der Waals surface area contributed by atoms with E-state index in [1.807, 2.05) is 42.6 Å². The zero-order chi connectivity index (χ0) is 17.0. The average molecular weight is 345 g/mol. The number of hydrogen-bond acceptors (Lipinski definition) is 5. The molecule has 1 aliphatic heterocycles. The molecule has 2 N–H and O–H groups in total. The number of rotatable bonds is 5. The van der Waals surface area contributed by atoms with Crippen molar-refractivity contribution in [1.29, 1.82) is 0 Å². The van der Waals surface area contributed by atoms with Gasteiger partial charge in [0.25, 0.3) is 0 Å². The lowest BCUT2D eigenvalue weighted by atomic mass is 9.85. The van der Waals surface area contributed by atoms with Crippen LogP contribution in [-0.2, 0) is 11.2 Å². The Hall–Kier alpha value is -1.76. The Morgan fingerprint density at radius 2 is 2.04 bits per heavy atom. The Labute approximate surface area is 146 Å². The molecule has 1 aromatic heterocycles. The van der Waals surface area contributed by atoms with Crippen LogP contribution in [0.2, 0.25) is 0 Å². The van der Waals surface area contributed by atoms with Gasteiger partial charge in [-0.15, -0.1) is 11.3 Å². The molecule has 0 saturated carbocycles. The molecule has 5 nitrogen and oxygen atoms in total. The average Bonchev–Trinajstić information content (AvgIpc) is 2.95. The van der Waals surface area contributed by atoms with E-state index in [0.717, 1.165) is 24.3 Å². The zero-order valence-corrected chi connectivity index (χ0v) is 14.7. The molecule has 2 heterocycles. The Morgan fingerprint density at radius 3 is 2.67 bits per heavy atom. The second-order valence-corrected chi connectivity index (χ2v) is 7.36. The van der Waals surface area contributed by atoms with Gasteiger partial charge in [0, 0.05) is 24.9 Å². The summed E-state index contributed by atoms with van der Waals surface area (Å²) < 4.78 is 0. The lowest BCUT2D eigenvalue weighted by molar-refractivity contribution is -0.118. The minimum Gasteiger partial charge on any atom is -0.389 e. The Kier molecular flexibility index (Phi) is 5.28. The summed E-state index contributed by atoms with van der Waals surface area (Å²) in [6.07, 6.45) is 2.04. The topological polar surface area (TPSA) is 65.5 Å². The van der Waals surface area contributed by atoms with Gasteiger partial charge in [0.05, 0.1) is 17.8 Å². The van der Waals surface area contributed by atoms with Gasteiger partial charge in [-0.05, 0) is 25.3 Å². The van der Waals surface area contributed by atoms with Crippen LogP contribution in [0.5, 0.6) is 0 Å². The molecule has 0 bridgehead atoms. The molecule has 0 unspecified atom stereocenters. The van der Waals surface area contributed by atoms with Crippen LogP contribution in [-0.4, -0.2) is 46.1 Å². The van der Waals surface area contributed by atoms with Crippen LogP contribution in [0.1, 0.15) is 24.1 Å². The summed E-state index contributed by atoms with van der Waals surface area (Å²) in [5, 5.41) is 16.2. The van der Waals surface area contributed by atoms with E-state index < -0.39 is 5.60 Å². The van der Waals surface area contributed by atoms with E-state index in [0.29, 0.717) is 30.9 Å². The molecule has 0 radical (unpaired) electrons. The van der Waals surface area contributed by atoms with Crippen LogP contribution in [0.25, 0.3) is 0 Å². The van der Waals surface area contributed by atoms with Gasteiger partial charge in [-0.3, -0.25) is 9.69 Å². The van der Waals surface area contributed by atoms with E-state index in [9.17, 15) is 9.90 Å². The molecule has 3 rings (SSSR count). The highest BCUT2D eigenvalue weighted by atomic mass is 32.1. The molecule has 2 aromatic rings. The van der Waals surface area contributed by atoms with Crippen molar-refractivity contribution in [2.45, 2.75) is 31.8 Å². The number of nitrogens with one attached hydrogen (secondary N) is 1. The second kappa shape index (κ2) is 7.42. The van der Waals surface area contributed by atoms with Crippen LogP contribution in [0.4, 0.5) is 5.13 Å². The summed E-state index contributed by atoms with van der Waals surface area (Å²) in [4.78, 5) is 18.4. The third kappa shape index (κ3) is 4.63. The molecular formula is C18H23N3O2S. The first-order valence-electron chi connectivity index (χ1n) is 8.23. The minimum atomic E-state index is -0.666. The lowest BCUT2D eigenvalue weighted by Gasteiger charge is -2.38. The SMILES string of the molecule is Cc1csc(NC(=O)CN2CCC(O)(Cc3ccccc3)CC2)n1. The number of likely N-dealkylation sites (tertiary alicyclic amines) is 1. The van der Waals surface area contributed by atoms with Gasteiger partial charge in [0.15, 0.2) is 5.13 Å². The lowest BCUT2D eigenvalue weighted by Crippen LogP contribution is -2.47. The molecule has 1 fully saturated rings. The van der Waals surface area contributed by atoms with Crippen molar-refractivity contribution in [1.82, 2.24) is 9.88 Å². The molecule has 0 aliphatic carbocycles. The molecular weight excluding hydrogens is 322 g/mol. The van der Waals surface area contributed by atoms with E-state index in [-0.39, 0.29) is 5.91 Å². The molecule has 1 amide bonds. The number of hydrogen-bond donors (Lipinski definition) is 2. The maximum Gasteiger partial charge on any atom is 0.240 e. The highest BCUT2D eigenvalue weighted by Crippen LogP contribution is 2.26. The number of aryl methyl sites for hydroxylation is 1. The predicted molar refractivity (Wildman–Crippen MR) is 96.3 cm³/mol. The van der Waals surface area contributed by atoms with Gasteiger partial charge in [-0.2, -0.15) is 0 Å².